The van der Waals surface area contributed by atoms with Crippen molar-refractivity contribution < 1.29 is 4.74 Å². The van der Waals surface area contributed by atoms with Crippen molar-refractivity contribution >= 4 is 0 Å². The molecule has 0 aromatic heterocycles. The quantitative estimate of drug-likeness (QED) is 0.805. The summed E-state index contributed by atoms with van der Waals surface area (Å²) in [6.45, 7) is 3.94. The summed E-state index contributed by atoms with van der Waals surface area (Å²) < 4.78 is 5.70. The van der Waals surface area contributed by atoms with E-state index in [9.17, 15) is 0 Å². The Morgan fingerprint density at radius 2 is 2.11 bits per heavy atom. The second-order valence-electron chi connectivity index (χ2n) is 5.19. The van der Waals surface area contributed by atoms with Crippen molar-refractivity contribution in [2.45, 2.75) is 12.5 Å². The van der Waals surface area contributed by atoms with Gasteiger partial charge < -0.3 is 9.64 Å². The second kappa shape index (κ2) is 6.55. The predicted molar refractivity (Wildman–Crippen MR) is 75.2 cm³/mol. The molecule has 1 aromatic rings. The first-order chi connectivity index (χ1) is 9.19. The van der Waals surface area contributed by atoms with Crippen molar-refractivity contribution in [3.05, 3.63) is 29.8 Å². The van der Waals surface area contributed by atoms with E-state index in [1.807, 2.05) is 12.1 Å². The number of rotatable bonds is 5. The maximum Gasteiger partial charge on any atom is 0.119 e. The fourth-order valence-electron chi connectivity index (χ4n) is 2.36. The van der Waals surface area contributed by atoms with Gasteiger partial charge in [0.15, 0.2) is 0 Å². The molecule has 19 heavy (non-hydrogen) atoms. The first-order valence-corrected chi connectivity index (χ1v) is 6.71. The van der Waals surface area contributed by atoms with Crippen LogP contribution in [-0.4, -0.2) is 56.2 Å². The molecule has 0 amide bonds. The molecule has 4 nitrogen and oxygen atoms in total. The first kappa shape index (κ1) is 13.9. The van der Waals surface area contributed by atoms with Crippen LogP contribution in [0.25, 0.3) is 0 Å². The number of hydrogen-bond donors (Lipinski definition) is 0. The van der Waals surface area contributed by atoms with Gasteiger partial charge in [-0.1, -0.05) is 0 Å². The Kier molecular flexibility index (Phi) is 4.78. The molecule has 0 aliphatic carbocycles. The van der Waals surface area contributed by atoms with Gasteiger partial charge in [0, 0.05) is 19.1 Å². The molecule has 4 heteroatoms. The van der Waals surface area contributed by atoms with Crippen LogP contribution in [0, 0.1) is 11.3 Å². The first-order valence-electron chi connectivity index (χ1n) is 6.71. The number of nitriles is 1. The van der Waals surface area contributed by atoms with Gasteiger partial charge in [0.05, 0.1) is 11.6 Å². The number of likely N-dealkylation sites (N-methyl/N-ethyl adjacent to an activating group) is 1. The number of nitrogens with zero attached hydrogens (tertiary/aromatic N) is 3. The highest BCUT2D eigenvalue weighted by molar-refractivity contribution is 5.34. The van der Waals surface area contributed by atoms with E-state index in [4.69, 9.17) is 10.00 Å². The summed E-state index contributed by atoms with van der Waals surface area (Å²) in [5.74, 6) is 0.836. The summed E-state index contributed by atoms with van der Waals surface area (Å²) in [6.07, 6.45) is 1.24. The van der Waals surface area contributed by atoms with Gasteiger partial charge in [-0.3, -0.25) is 4.90 Å². The minimum atomic E-state index is 0.667. The zero-order valence-electron chi connectivity index (χ0n) is 11.7. The van der Waals surface area contributed by atoms with Crippen LogP contribution in [0.4, 0.5) is 0 Å². The van der Waals surface area contributed by atoms with E-state index >= 15 is 0 Å². The summed E-state index contributed by atoms with van der Waals surface area (Å²) in [5, 5.41) is 8.72. The van der Waals surface area contributed by atoms with Crippen LogP contribution in [0.3, 0.4) is 0 Å². The molecular weight excluding hydrogens is 238 g/mol. The van der Waals surface area contributed by atoms with Crippen LogP contribution in [-0.2, 0) is 0 Å². The zero-order valence-corrected chi connectivity index (χ0v) is 11.7. The van der Waals surface area contributed by atoms with E-state index in [0.29, 0.717) is 18.2 Å². The Morgan fingerprint density at radius 3 is 2.68 bits per heavy atom. The number of benzene rings is 1. The molecule has 1 aliphatic heterocycles. The molecular formula is C15H21N3O. The Morgan fingerprint density at radius 1 is 1.37 bits per heavy atom. The molecule has 1 heterocycles. The fourth-order valence-corrected chi connectivity index (χ4v) is 2.36. The SMILES string of the molecule is CN(C)C1CCN(CCOc2ccc(C#N)cc2)C1. The highest BCUT2D eigenvalue weighted by atomic mass is 16.5. The predicted octanol–water partition coefficient (Wildman–Crippen LogP) is 1.57. The van der Waals surface area contributed by atoms with Gasteiger partial charge in [0.1, 0.15) is 12.4 Å². The van der Waals surface area contributed by atoms with Crippen molar-refractivity contribution in [1.29, 1.82) is 5.26 Å². The van der Waals surface area contributed by atoms with Crippen LogP contribution in [0.1, 0.15) is 12.0 Å². The molecule has 0 spiro atoms. The lowest BCUT2D eigenvalue weighted by atomic mass is 10.2. The van der Waals surface area contributed by atoms with Gasteiger partial charge in [-0.05, 0) is 51.3 Å². The zero-order chi connectivity index (χ0) is 13.7. The standard InChI is InChI=1S/C15H21N3O/c1-17(2)14-7-8-18(12-14)9-10-19-15-5-3-13(11-16)4-6-15/h3-6,14H,7-10,12H2,1-2H3. The van der Waals surface area contributed by atoms with E-state index in [0.717, 1.165) is 25.4 Å². The summed E-state index contributed by atoms with van der Waals surface area (Å²) in [4.78, 5) is 4.73. The maximum atomic E-state index is 8.72. The fraction of sp³-hybridized carbons (Fsp3) is 0.533. The summed E-state index contributed by atoms with van der Waals surface area (Å²) in [5.41, 5.74) is 0.667. The molecule has 1 atom stereocenters. The molecule has 0 bridgehead atoms. The van der Waals surface area contributed by atoms with Gasteiger partial charge in [0.2, 0.25) is 0 Å². The average molecular weight is 259 g/mol. The van der Waals surface area contributed by atoms with E-state index in [2.05, 4.69) is 30.0 Å². The Labute approximate surface area is 115 Å². The van der Waals surface area contributed by atoms with Gasteiger partial charge in [-0.2, -0.15) is 5.26 Å². The molecule has 102 valence electrons. The van der Waals surface area contributed by atoms with Crippen LogP contribution >= 0.6 is 0 Å². The molecule has 0 radical (unpaired) electrons. The van der Waals surface area contributed by atoms with Crippen molar-refractivity contribution in [1.82, 2.24) is 9.80 Å². The molecule has 1 unspecified atom stereocenters. The average Bonchev–Trinajstić information content (AvgIpc) is 2.89. The van der Waals surface area contributed by atoms with Crippen LogP contribution in [0.2, 0.25) is 0 Å². The third-order valence-corrected chi connectivity index (χ3v) is 3.64. The number of hydrogen-bond acceptors (Lipinski definition) is 4. The molecule has 1 aromatic carbocycles. The van der Waals surface area contributed by atoms with Crippen molar-refractivity contribution in [2.75, 3.05) is 40.3 Å². The molecule has 1 aliphatic rings. The molecule has 0 N–H and O–H groups in total. The number of likely N-dealkylation sites (tertiary alicyclic amines) is 1. The third kappa shape index (κ3) is 3.95. The van der Waals surface area contributed by atoms with Crippen LogP contribution < -0.4 is 4.74 Å². The second-order valence-corrected chi connectivity index (χ2v) is 5.19. The maximum absolute atomic E-state index is 8.72. The van der Waals surface area contributed by atoms with Gasteiger partial charge >= 0.3 is 0 Å². The number of ether oxygens (including phenoxy) is 1. The van der Waals surface area contributed by atoms with Crippen LogP contribution in [0.15, 0.2) is 24.3 Å². The lowest BCUT2D eigenvalue weighted by molar-refractivity contribution is 0.220. The minimum Gasteiger partial charge on any atom is -0.492 e. The lowest BCUT2D eigenvalue weighted by Gasteiger charge is -2.20. The molecule has 1 saturated heterocycles. The van der Waals surface area contributed by atoms with E-state index in [-0.39, 0.29) is 0 Å². The summed E-state index contributed by atoms with van der Waals surface area (Å²) in [7, 11) is 4.28. The highest BCUT2D eigenvalue weighted by Gasteiger charge is 2.23. The summed E-state index contributed by atoms with van der Waals surface area (Å²) in [6, 6.07) is 10.1. The van der Waals surface area contributed by atoms with Crippen molar-refractivity contribution in [3.63, 3.8) is 0 Å². The topological polar surface area (TPSA) is 39.5 Å². The van der Waals surface area contributed by atoms with Crippen molar-refractivity contribution in [2.24, 2.45) is 0 Å². The largest absolute Gasteiger partial charge is 0.492 e. The van der Waals surface area contributed by atoms with Crippen LogP contribution in [0.5, 0.6) is 5.75 Å². The third-order valence-electron chi connectivity index (χ3n) is 3.64. The molecule has 0 saturated carbocycles. The Hall–Kier alpha value is -1.57. The van der Waals surface area contributed by atoms with Gasteiger partial charge in [-0.25, -0.2) is 0 Å². The molecule has 1 fully saturated rings. The van der Waals surface area contributed by atoms with E-state index in [1.165, 1.54) is 6.42 Å². The monoisotopic (exact) mass is 259 g/mol. The van der Waals surface area contributed by atoms with E-state index in [1.54, 1.807) is 12.1 Å². The van der Waals surface area contributed by atoms with Crippen molar-refractivity contribution in [3.8, 4) is 11.8 Å². The van der Waals surface area contributed by atoms with Gasteiger partial charge in [0.25, 0.3) is 0 Å². The smallest absolute Gasteiger partial charge is 0.119 e. The van der Waals surface area contributed by atoms with Gasteiger partial charge in [-0.15, -0.1) is 0 Å². The van der Waals surface area contributed by atoms with E-state index < -0.39 is 0 Å². The lowest BCUT2D eigenvalue weighted by Crippen LogP contribution is -2.33. The molecule has 2 rings (SSSR count). The highest BCUT2D eigenvalue weighted by Crippen LogP contribution is 2.14. The normalized spacial score (nSPS) is 19.6. The summed E-state index contributed by atoms with van der Waals surface area (Å²) >= 11 is 0. The Bertz CT molecular complexity index is 436. The Balaban J connectivity index is 1.71. The minimum absolute atomic E-state index is 0.667.